The zero-order chi connectivity index (χ0) is 25.5. The van der Waals surface area contributed by atoms with Gasteiger partial charge >= 0.3 is 0 Å². The van der Waals surface area contributed by atoms with Crippen molar-refractivity contribution in [3.63, 3.8) is 0 Å². The first-order valence-corrected chi connectivity index (χ1v) is 14.4. The maximum absolute atomic E-state index is 11.1. The summed E-state index contributed by atoms with van der Waals surface area (Å²) in [5.74, 6) is 1.65. The summed E-state index contributed by atoms with van der Waals surface area (Å²) in [4.78, 5) is 0. The Morgan fingerprint density at radius 2 is 1.61 bits per heavy atom. The molecule has 6 rings (SSSR count). The Kier molecular flexibility index (Phi) is 5.86. The molecule has 1 saturated heterocycles. The predicted molar refractivity (Wildman–Crippen MR) is 141 cm³/mol. The van der Waals surface area contributed by atoms with Crippen LogP contribution in [0.25, 0.3) is 0 Å². The second kappa shape index (κ2) is 8.40. The lowest BCUT2D eigenvalue weighted by Gasteiger charge is -2.55. The van der Waals surface area contributed by atoms with Gasteiger partial charge in [-0.05, 0) is 86.7 Å². The first-order chi connectivity index (χ1) is 16.9. The SMILES string of the molecule is CC1(C)COC2(CCC3=C4C(c5ccc(C(C)(C)O)cc5)CC5(C)C(O)CCC5C4CCC3C2)OC1. The summed E-state index contributed by atoms with van der Waals surface area (Å²) in [5.41, 5.74) is 4.94. The monoisotopic (exact) mass is 494 g/mol. The van der Waals surface area contributed by atoms with Crippen molar-refractivity contribution in [2.75, 3.05) is 13.2 Å². The molecular weight excluding hydrogens is 448 g/mol. The van der Waals surface area contributed by atoms with Crippen LogP contribution in [-0.2, 0) is 15.1 Å². The summed E-state index contributed by atoms with van der Waals surface area (Å²) in [5, 5.41) is 21.7. The minimum Gasteiger partial charge on any atom is -0.393 e. The molecule has 1 aromatic carbocycles. The highest BCUT2D eigenvalue weighted by atomic mass is 16.7. The van der Waals surface area contributed by atoms with Gasteiger partial charge in [-0.1, -0.05) is 56.2 Å². The molecule has 0 bridgehead atoms. The van der Waals surface area contributed by atoms with Crippen LogP contribution in [0.3, 0.4) is 0 Å². The summed E-state index contributed by atoms with van der Waals surface area (Å²) in [6, 6.07) is 8.71. The molecule has 4 fully saturated rings. The summed E-state index contributed by atoms with van der Waals surface area (Å²) in [6.45, 7) is 12.1. The molecule has 0 amide bonds. The van der Waals surface area contributed by atoms with E-state index in [9.17, 15) is 10.2 Å². The van der Waals surface area contributed by atoms with Gasteiger partial charge in [0.1, 0.15) is 0 Å². The molecule has 5 aliphatic rings. The average Bonchev–Trinajstić information content (AvgIpc) is 3.14. The summed E-state index contributed by atoms with van der Waals surface area (Å²) in [6.07, 6.45) is 8.37. The molecule has 4 nitrogen and oxygen atoms in total. The maximum atomic E-state index is 11.1. The largest absolute Gasteiger partial charge is 0.393 e. The molecule has 0 aromatic heterocycles. The van der Waals surface area contributed by atoms with E-state index in [1.807, 2.05) is 13.8 Å². The van der Waals surface area contributed by atoms with Gasteiger partial charge in [0.15, 0.2) is 5.79 Å². The van der Waals surface area contributed by atoms with Gasteiger partial charge in [-0.2, -0.15) is 0 Å². The molecule has 3 saturated carbocycles. The van der Waals surface area contributed by atoms with Gasteiger partial charge in [-0.3, -0.25) is 0 Å². The quantitative estimate of drug-likeness (QED) is 0.464. The van der Waals surface area contributed by atoms with E-state index < -0.39 is 11.4 Å². The number of fused-ring (bicyclic) bond motifs is 4. The molecule has 2 N–H and O–H groups in total. The Morgan fingerprint density at radius 3 is 2.28 bits per heavy atom. The Bertz CT molecular complexity index is 1020. The van der Waals surface area contributed by atoms with Crippen molar-refractivity contribution >= 4 is 0 Å². The van der Waals surface area contributed by atoms with E-state index in [1.54, 1.807) is 11.1 Å². The highest BCUT2D eigenvalue weighted by Gasteiger charge is 2.57. The zero-order valence-corrected chi connectivity index (χ0v) is 23.0. The predicted octanol–water partition coefficient (Wildman–Crippen LogP) is 6.45. The fourth-order valence-electron chi connectivity index (χ4n) is 8.62. The lowest BCUT2D eigenvalue weighted by Crippen LogP contribution is -2.52. The van der Waals surface area contributed by atoms with Crippen LogP contribution < -0.4 is 0 Å². The number of benzene rings is 1. The second-order valence-electron chi connectivity index (χ2n) is 14.4. The zero-order valence-electron chi connectivity index (χ0n) is 23.0. The van der Waals surface area contributed by atoms with Gasteiger partial charge in [-0.25, -0.2) is 0 Å². The van der Waals surface area contributed by atoms with E-state index in [-0.39, 0.29) is 16.9 Å². The van der Waals surface area contributed by atoms with Gasteiger partial charge in [0, 0.05) is 24.2 Å². The first-order valence-electron chi connectivity index (χ1n) is 14.4. The van der Waals surface area contributed by atoms with Crippen LogP contribution in [0.15, 0.2) is 35.4 Å². The van der Waals surface area contributed by atoms with Gasteiger partial charge in [0.2, 0.25) is 0 Å². The lowest BCUT2D eigenvalue weighted by atomic mass is 9.52. The standard InChI is InChI=1S/C32H46O4/c1-29(2)18-35-32(36-19-29)15-14-23-21(16-32)8-11-24-26-12-13-27(33)31(26,5)17-25(28(23)24)20-6-9-22(10-7-20)30(3,4)34/h6-7,9-10,21,24-27,33-34H,8,11-19H2,1-5H3. The summed E-state index contributed by atoms with van der Waals surface area (Å²) in [7, 11) is 0. The third-order valence-electron chi connectivity index (χ3n) is 10.8. The summed E-state index contributed by atoms with van der Waals surface area (Å²) >= 11 is 0. The normalized spacial score (nSPS) is 39.5. The third-order valence-corrected chi connectivity index (χ3v) is 10.8. The Morgan fingerprint density at radius 1 is 0.917 bits per heavy atom. The van der Waals surface area contributed by atoms with Crippen molar-refractivity contribution in [1.29, 1.82) is 0 Å². The van der Waals surface area contributed by atoms with Crippen LogP contribution in [0.1, 0.15) is 103 Å². The molecule has 1 spiro atoms. The van der Waals surface area contributed by atoms with Gasteiger partial charge in [0.05, 0.1) is 24.9 Å². The van der Waals surface area contributed by atoms with Crippen LogP contribution in [-0.4, -0.2) is 35.3 Å². The van der Waals surface area contributed by atoms with E-state index in [2.05, 4.69) is 45.0 Å². The Labute approximate surface area is 217 Å². The minimum absolute atomic E-state index is 0.0157. The molecule has 4 aliphatic carbocycles. The number of aliphatic hydroxyl groups is 2. The Balaban J connectivity index is 1.37. The van der Waals surface area contributed by atoms with Crippen molar-refractivity contribution in [2.24, 2.45) is 28.6 Å². The average molecular weight is 495 g/mol. The van der Waals surface area contributed by atoms with Crippen LogP contribution in [0.2, 0.25) is 0 Å². The van der Waals surface area contributed by atoms with E-state index in [0.717, 1.165) is 57.3 Å². The second-order valence-corrected chi connectivity index (χ2v) is 14.4. The van der Waals surface area contributed by atoms with Crippen LogP contribution in [0.5, 0.6) is 0 Å². The minimum atomic E-state index is -0.837. The van der Waals surface area contributed by atoms with Gasteiger partial charge < -0.3 is 19.7 Å². The van der Waals surface area contributed by atoms with Crippen molar-refractivity contribution in [1.82, 2.24) is 0 Å². The van der Waals surface area contributed by atoms with Gasteiger partial charge in [0.25, 0.3) is 0 Å². The first kappa shape index (κ1) is 25.1. The van der Waals surface area contributed by atoms with Crippen LogP contribution in [0.4, 0.5) is 0 Å². The van der Waals surface area contributed by atoms with Crippen molar-refractivity contribution in [3.8, 4) is 0 Å². The fraction of sp³-hybridized carbons (Fsp3) is 0.750. The van der Waals surface area contributed by atoms with E-state index in [0.29, 0.717) is 23.7 Å². The molecule has 4 heteroatoms. The van der Waals surface area contributed by atoms with E-state index in [1.165, 1.54) is 18.4 Å². The Hall–Kier alpha value is -1.20. The molecular formula is C32H46O4. The number of allylic oxidation sites excluding steroid dienone is 2. The number of hydrogen-bond acceptors (Lipinski definition) is 4. The highest BCUT2D eigenvalue weighted by molar-refractivity contribution is 5.42. The topological polar surface area (TPSA) is 58.9 Å². The third kappa shape index (κ3) is 4.02. The van der Waals surface area contributed by atoms with Crippen molar-refractivity contribution < 1.29 is 19.7 Å². The highest BCUT2D eigenvalue weighted by Crippen LogP contribution is 2.65. The smallest absolute Gasteiger partial charge is 0.169 e. The molecule has 6 atom stereocenters. The lowest BCUT2D eigenvalue weighted by molar-refractivity contribution is -0.312. The number of hydrogen-bond donors (Lipinski definition) is 2. The van der Waals surface area contributed by atoms with Gasteiger partial charge in [-0.15, -0.1) is 0 Å². The number of ether oxygens (including phenoxy) is 2. The summed E-state index contributed by atoms with van der Waals surface area (Å²) < 4.78 is 12.9. The molecule has 198 valence electrons. The van der Waals surface area contributed by atoms with Crippen LogP contribution >= 0.6 is 0 Å². The molecule has 6 unspecified atom stereocenters. The van der Waals surface area contributed by atoms with Crippen molar-refractivity contribution in [2.45, 2.75) is 109 Å². The van der Waals surface area contributed by atoms with E-state index in [4.69, 9.17) is 9.47 Å². The fourth-order valence-corrected chi connectivity index (χ4v) is 8.62. The molecule has 1 aromatic rings. The molecule has 36 heavy (non-hydrogen) atoms. The molecule has 0 radical (unpaired) electrons. The van der Waals surface area contributed by atoms with Crippen molar-refractivity contribution in [3.05, 3.63) is 46.5 Å². The molecule has 1 aliphatic heterocycles. The van der Waals surface area contributed by atoms with E-state index >= 15 is 0 Å². The number of rotatable bonds is 2. The maximum Gasteiger partial charge on any atom is 0.169 e. The molecule has 1 heterocycles. The number of aliphatic hydroxyl groups excluding tert-OH is 1. The van der Waals surface area contributed by atoms with Crippen LogP contribution in [0, 0.1) is 28.6 Å².